The third-order valence-electron chi connectivity index (χ3n) is 6.27. The Balaban J connectivity index is 1.31. The zero-order valence-corrected chi connectivity index (χ0v) is 21.3. The summed E-state index contributed by atoms with van der Waals surface area (Å²) in [5.74, 6) is 0.117. The Labute approximate surface area is 218 Å². The summed E-state index contributed by atoms with van der Waals surface area (Å²) >= 11 is 5.94. The van der Waals surface area contributed by atoms with E-state index in [9.17, 15) is 19.5 Å². The van der Waals surface area contributed by atoms with E-state index < -0.39 is 30.8 Å². The maximum atomic E-state index is 13.0. The van der Waals surface area contributed by atoms with Gasteiger partial charge in [-0.1, -0.05) is 23.7 Å². The van der Waals surface area contributed by atoms with Gasteiger partial charge in [-0.15, -0.1) is 0 Å². The average molecular weight is 530 g/mol. The van der Waals surface area contributed by atoms with Crippen LogP contribution >= 0.6 is 11.6 Å². The number of aryl methyl sites for hydroxylation is 1. The molecule has 1 aliphatic heterocycles. The highest BCUT2D eigenvalue weighted by atomic mass is 35.5. The molecule has 3 aromatic rings. The number of fused-ring (bicyclic) bond motifs is 1. The van der Waals surface area contributed by atoms with Crippen molar-refractivity contribution in [3.63, 3.8) is 0 Å². The van der Waals surface area contributed by atoms with E-state index in [-0.39, 0.29) is 16.5 Å². The number of hydrogen-bond acceptors (Lipinski definition) is 8. The van der Waals surface area contributed by atoms with Crippen LogP contribution in [0.1, 0.15) is 5.56 Å². The third-order valence-corrected chi connectivity index (χ3v) is 6.71. The number of carbonyl (C=O) groups excluding carboxylic acids is 2. The molecule has 2 heterocycles. The number of carbonyl (C=O) groups is 2. The number of hydrogen-bond donors (Lipinski definition) is 2. The second-order valence-corrected chi connectivity index (χ2v) is 8.94. The van der Waals surface area contributed by atoms with Gasteiger partial charge in [-0.05, 0) is 36.8 Å². The molecule has 0 aliphatic carbocycles. The van der Waals surface area contributed by atoms with Crippen molar-refractivity contribution in [2.24, 2.45) is 0 Å². The summed E-state index contributed by atoms with van der Waals surface area (Å²) in [4.78, 5) is 41.0. The molecule has 0 unspecified atom stereocenters. The minimum atomic E-state index is -1.09. The minimum Gasteiger partial charge on any atom is -0.495 e. The van der Waals surface area contributed by atoms with Gasteiger partial charge >= 0.3 is 5.63 Å². The summed E-state index contributed by atoms with van der Waals surface area (Å²) in [5, 5.41) is 13.0. The number of para-hydroxylation sites is 2. The van der Waals surface area contributed by atoms with Gasteiger partial charge in [0, 0.05) is 37.6 Å². The second kappa shape index (κ2) is 11.5. The van der Waals surface area contributed by atoms with Crippen molar-refractivity contribution in [2.75, 3.05) is 51.4 Å². The number of aliphatic hydroxyl groups excluding tert-OH is 1. The van der Waals surface area contributed by atoms with Gasteiger partial charge in [0.2, 0.25) is 5.91 Å². The third kappa shape index (κ3) is 5.81. The normalized spacial score (nSPS) is 14.4. The monoisotopic (exact) mass is 529 g/mol. The average Bonchev–Trinajstić information content (AvgIpc) is 2.93. The maximum absolute atomic E-state index is 13.0. The quantitative estimate of drug-likeness (QED) is 0.425. The first-order chi connectivity index (χ1) is 17.8. The van der Waals surface area contributed by atoms with Crippen molar-refractivity contribution in [3.8, 4) is 11.5 Å². The van der Waals surface area contributed by atoms with Gasteiger partial charge in [0.05, 0.1) is 19.4 Å². The molecule has 11 heteroatoms. The Kier molecular flexibility index (Phi) is 8.20. The van der Waals surface area contributed by atoms with E-state index in [1.165, 1.54) is 6.07 Å². The molecule has 37 heavy (non-hydrogen) atoms. The Bertz CT molecular complexity index is 1350. The summed E-state index contributed by atoms with van der Waals surface area (Å²) in [6.07, 6.45) is 0. The van der Waals surface area contributed by atoms with Gasteiger partial charge in [-0.2, -0.15) is 0 Å². The largest absolute Gasteiger partial charge is 0.495 e. The van der Waals surface area contributed by atoms with Gasteiger partial charge in [-0.25, -0.2) is 4.79 Å². The van der Waals surface area contributed by atoms with Crippen molar-refractivity contribution in [1.82, 2.24) is 10.2 Å². The van der Waals surface area contributed by atoms with Crippen molar-refractivity contribution >= 4 is 40.1 Å². The predicted molar refractivity (Wildman–Crippen MR) is 139 cm³/mol. The molecule has 4 rings (SSSR count). The molecule has 2 amide bonds. The molecule has 196 valence electrons. The maximum Gasteiger partial charge on any atom is 0.355 e. The zero-order chi connectivity index (χ0) is 26.5. The van der Waals surface area contributed by atoms with Crippen LogP contribution in [0.15, 0.2) is 51.7 Å². The SMILES string of the molecule is COc1ccccc1N1CCN(C(=O)[C@H](CO)NC(=O)COc2ccc3c(C)c(Cl)c(=O)oc3c2)CC1. The molecule has 0 bridgehead atoms. The van der Waals surface area contributed by atoms with Crippen LogP contribution in [0.4, 0.5) is 5.69 Å². The number of anilines is 1. The Morgan fingerprint density at radius 1 is 1.16 bits per heavy atom. The van der Waals surface area contributed by atoms with E-state index in [1.54, 1.807) is 31.1 Å². The number of halogens is 1. The lowest BCUT2D eigenvalue weighted by atomic mass is 10.1. The van der Waals surface area contributed by atoms with E-state index in [0.29, 0.717) is 42.9 Å². The number of methoxy groups -OCH3 is 1. The minimum absolute atomic E-state index is 0.0152. The van der Waals surface area contributed by atoms with Gasteiger partial charge in [0.1, 0.15) is 28.1 Å². The fourth-order valence-electron chi connectivity index (χ4n) is 4.25. The summed E-state index contributed by atoms with van der Waals surface area (Å²) < 4.78 is 16.1. The molecule has 2 N–H and O–H groups in total. The molecular weight excluding hydrogens is 502 g/mol. The first kappa shape index (κ1) is 26.3. The summed E-state index contributed by atoms with van der Waals surface area (Å²) in [5.41, 5.74) is 1.16. The first-order valence-corrected chi connectivity index (χ1v) is 12.1. The molecule has 1 saturated heterocycles. The Hall–Kier alpha value is -3.76. The van der Waals surface area contributed by atoms with Crippen molar-refractivity contribution in [3.05, 3.63) is 63.5 Å². The van der Waals surface area contributed by atoms with Gasteiger partial charge in [0.25, 0.3) is 5.91 Å². The number of ether oxygens (including phenoxy) is 2. The number of aliphatic hydroxyl groups is 1. The zero-order valence-electron chi connectivity index (χ0n) is 20.5. The van der Waals surface area contributed by atoms with Crippen LogP contribution in [0.3, 0.4) is 0 Å². The lowest BCUT2D eigenvalue weighted by Gasteiger charge is -2.37. The van der Waals surface area contributed by atoms with Crippen LogP contribution in [0, 0.1) is 6.92 Å². The standard InChI is InChI=1S/C26H28ClN3O7/c1-16-18-8-7-17(13-22(18)37-26(34)24(16)27)36-15-23(32)28-19(14-31)25(33)30-11-9-29(10-12-30)20-5-3-4-6-21(20)35-2/h3-8,13,19,31H,9-12,14-15H2,1-2H3,(H,28,32)/t19-/m0/s1. The molecule has 10 nitrogen and oxygen atoms in total. The van der Waals surface area contributed by atoms with Crippen LogP contribution < -0.4 is 25.3 Å². The van der Waals surface area contributed by atoms with Crippen LogP contribution in [0.2, 0.25) is 5.02 Å². The number of nitrogens with zero attached hydrogens (tertiary/aromatic N) is 2. The molecule has 2 aromatic carbocycles. The molecule has 0 saturated carbocycles. The van der Waals surface area contributed by atoms with Gasteiger partial charge in [-0.3, -0.25) is 9.59 Å². The van der Waals surface area contributed by atoms with Crippen molar-refractivity contribution in [2.45, 2.75) is 13.0 Å². The molecular formula is C26H28ClN3O7. The van der Waals surface area contributed by atoms with Gasteiger partial charge < -0.3 is 34.1 Å². The highest BCUT2D eigenvalue weighted by Crippen LogP contribution is 2.28. The molecule has 0 spiro atoms. The van der Waals surface area contributed by atoms with E-state index in [0.717, 1.165) is 11.4 Å². The van der Waals surface area contributed by atoms with Crippen LogP contribution in [0.25, 0.3) is 11.0 Å². The van der Waals surface area contributed by atoms with Crippen LogP contribution in [-0.4, -0.2) is 74.4 Å². The van der Waals surface area contributed by atoms with Crippen molar-refractivity contribution < 1.29 is 28.6 Å². The number of rotatable bonds is 8. The summed E-state index contributed by atoms with van der Waals surface area (Å²) in [6, 6.07) is 11.4. The molecule has 1 aliphatic rings. The van der Waals surface area contributed by atoms with E-state index in [1.807, 2.05) is 24.3 Å². The van der Waals surface area contributed by atoms with Gasteiger partial charge in [0.15, 0.2) is 6.61 Å². The van der Waals surface area contributed by atoms with E-state index in [4.69, 9.17) is 25.5 Å². The smallest absolute Gasteiger partial charge is 0.355 e. The van der Waals surface area contributed by atoms with Crippen LogP contribution in [0.5, 0.6) is 11.5 Å². The number of piperazine rings is 1. The highest BCUT2D eigenvalue weighted by Gasteiger charge is 2.29. The molecule has 1 fully saturated rings. The fourth-order valence-corrected chi connectivity index (χ4v) is 4.39. The number of nitrogens with one attached hydrogen (secondary N) is 1. The first-order valence-electron chi connectivity index (χ1n) is 11.7. The van der Waals surface area contributed by atoms with Crippen molar-refractivity contribution in [1.29, 1.82) is 0 Å². The lowest BCUT2D eigenvalue weighted by Crippen LogP contribution is -2.56. The Morgan fingerprint density at radius 3 is 2.59 bits per heavy atom. The van der Waals surface area contributed by atoms with E-state index >= 15 is 0 Å². The Morgan fingerprint density at radius 2 is 1.89 bits per heavy atom. The highest BCUT2D eigenvalue weighted by molar-refractivity contribution is 6.31. The number of amides is 2. The molecule has 0 radical (unpaired) electrons. The lowest BCUT2D eigenvalue weighted by molar-refractivity contribution is -0.138. The topological polar surface area (TPSA) is 122 Å². The predicted octanol–water partition coefficient (Wildman–Crippen LogP) is 1.97. The van der Waals surface area contributed by atoms with E-state index in [2.05, 4.69) is 10.2 Å². The number of benzene rings is 2. The summed E-state index contributed by atoms with van der Waals surface area (Å²) in [7, 11) is 1.62. The summed E-state index contributed by atoms with van der Waals surface area (Å²) in [6.45, 7) is 2.82. The van der Waals surface area contributed by atoms with Crippen LogP contribution in [-0.2, 0) is 9.59 Å². The molecule has 1 atom stereocenters. The molecule has 1 aromatic heterocycles. The second-order valence-electron chi connectivity index (χ2n) is 8.56. The fraction of sp³-hybridized carbons (Fsp3) is 0.346.